The highest BCUT2D eigenvalue weighted by molar-refractivity contribution is 5.71. The van der Waals surface area contributed by atoms with Gasteiger partial charge in [0.15, 0.2) is 6.10 Å². The molecule has 0 aliphatic rings. The third kappa shape index (κ3) is 63.2. The van der Waals surface area contributed by atoms with Crippen molar-refractivity contribution in [1.29, 1.82) is 0 Å². The number of hydrogen-bond acceptors (Lipinski definition) is 6. The van der Waals surface area contributed by atoms with Gasteiger partial charge in [0.25, 0.3) is 0 Å². The third-order valence-electron chi connectivity index (χ3n) is 14.3. The van der Waals surface area contributed by atoms with Crippen molar-refractivity contribution in [2.75, 3.05) is 13.2 Å². The molecule has 0 aromatic rings. The topological polar surface area (TPSA) is 78.9 Å². The zero-order valence-electron chi connectivity index (χ0n) is 51.4. The number of allylic oxidation sites excluding steroid dienone is 16. The average molecular weight is 1090 g/mol. The molecule has 6 heteroatoms. The van der Waals surface area contributed by atoms with E-state index in [1.54, 1.807) is 0 Å². The lowest BCUT2D eigenvalue weighted by Crippen LogP contribution is -2.30. The monoisotopic (exact) mass is 1080 g/mol. The number of rotatable bonds is 60. The van der Waals surface area contributed by atoms with Crippen LogP contribution >= 0.6 is 0 Å². The normalized spacial score (nSPS) is 12.7. The molecule has 0 saturated carbocycles. The van der Waals surface area contributed by atoms with E-state index >= 15 is 0 Å². The number of unbranched alkanes of at least 4 members (excludes halogenated alkanes) is 33. The highest BCUT2D eigenvalue weighted by Crippen LogP contribution is 2.17. The third-order valence-corrected chi connectivity index (χ3v) is 14.3. The average Bonchev–Trinajstić information content (AvgIpc) is 3.44. The van der Waals surface area contributed by atoms with Crippen LogP contribution < -0.4 is 0 Å². The first-order valence-electron chi connectivity index (χ1n) is 33.2. The van der Waals surface area contributed by atoms with Crippen molar-refractivity contribution < 1.29 is 28.6 Å². The first kappa shape index (κ1) is 74.3. The van der Waals surface area contributed by atoms with E-state index in [1.807, 2.05) is 0 Å². The number of carbonyl (C=O) groups is 3. The molecule has 0 radical (unpaired) electrons. The van der Waals surface area contributed by atoms with Crippen LogP contribution in [0.15, 0.2) is 97.2 Å². The van der Waals surface area contributed by atoms with E-state index in [9.17, 15) is 14.4 Å². The summed E-state index contributed by atoms with van der Waals surface area (Å²) >= 11 is 0. The van der Waals surface area contributed by atoms with Crippen molar-refractivity contribution in [2.24, 2.45) is 0 Å². The molecule has 0 heterocycles. The van der Waals surface area contributed by atoms with E-state index in [1.165, 1.54) is 161 Å². The fourth-order valence-corrected chi connectivity index (χ4v) is 9.36. The second-order valence-electron chi connectivity index (χ2n) is 22.0. The summed E-state index contributed by atoms with van der Waals surface area (Å²) in [6, 6.07) is 0. The molecule has 0 N–H and O–H groups in total. The van der Waals surface area contributed by atoms with Gasteiger partial charge in [0.2, 0.25) is 0 Å². The molecule has 0 aromatic carbocycles. The molecule has 1 unspecified atom stereocenters. The van der Waals surface area contributed by atoms with Crippen molar-refractivity contribution in [3.8, 4) is 0 Å². The molecule has 0 amide bonds. The Bertz CT molecular complexity index is 1530. The summed E-state index contributed by atoms with van der Waals surface area (Å²) in [7, 11) is 0. The zero-order chi connectivity index (χ0) is 56.4. The van der Waals surface area contributed by atoms with Crippen LogP contribution in [-0.2, 0) is 28.6 Å². The second kappa shape index (κ2) is 65.8. The summed E-state index contributed by atoms with van der Waals surface area (Å²) in [5.41, 5.74) is 0. The molecule has 6 nitrogen and oxygen atoms in total. The quantitative estimate of drug-likeness (QED) is 0.0261. The van der Waals surface area contributed by atoms with Gasteiger partial charge >= 0.3 is 17.9 Å². The van der Waals surface area contributed by atoms with Gasteiger partial charge in [0.05, 0.1) is 0 Å². The molecule has 1 atom stereocenters. The summed E-state index contributed by atoms with van der Waals surface area (Å²) in [5.74, 6) is -0.883. The minimum Gasteiger partial charge on any atom is -0.462 e. The van der Waals surface area contributed by atoms with Crippen LogP contribution in [0.5, 0.6) is 0 Å². The van der Waals surface area contributed by atoms with E-state index < -0.39 is 6.10 Å². The van der Waals surface area contributed by atoms with Crippen molar-refractivity contribution in [3.63, 3.8) is 0 Å². The molecule has 0 saturated heterocycles. The Labute approximate surface area is 483 Å². The Morgan fingerprint density at radius 3 is 0.808 bits per heavy atom. The molecule has 0 spiro atoms. The first-order chi connectivity index (χ1) is 38.5. The van der Waals surface area contributed by atoms with Gasteiger partial charge in [-0.05, 0) is 103 Å². The van der Waals surface area contributed by atoms with Gasteiger partial charge in [0, 0.05) is 19.3 Å². The van der Waals surface area contributed by atoms with Gasteiger partial charge in [-0.25, -0.2) is 0 Å². The first-order valence-corrected chi connectivity index (χ1v) is 33.2. The van der Waals surface area contributed by atoms with Crippen LogP contribution in [-0.4, -0.2) is 37.2 Å². The fraction of sp³-hybridized carbons (Fsp3) is 0.736. The lowest BCUT2D eigenvalue weighted by Gasteiger charge is -2.18. The summed E-state index contributed by atoms with van der Waals surface area (Å²) in [6.07, 6.45) is 88.5. The molecule has 0 fully saturated rings. The minimum absolute atomic E-state index is 0.0797. The lowest BCUT2D eigenvalue weighted by atomic mass is 10.0. The fourth-order valence-electron chi connectivity index (χ4n) is 9.36. The second-order valence-corrected chi connectivity index (χ2v) is 22.0. The van der Waals surface area contributed by atoms with Gasteiger partial charge < -0.3 is 14.2 Å². The number of ether oxygens (including phenoxy) is 3. The summed E-state index contributed by atoms with van der Waals surface area (Å²) in [5, 5.41) is 0. The summed E-state index contributed by atoms with van der Waals surface area (Å²) < 4.78 is 16.9. The van der Waals surface area contributed by atoms with Gasteiger partial charge in [-0.2, -0.15) is 0 Å². The zero-order valence-corrected chi connectivity index (χ0v) is 51.4. The van der Waals surface area contributed by atoms with Crippen molar-refractivity contribution in [3.05, 3.63) is 97.2 Å². The van der Waals surface area contributed by atoms with Crippen LogP contribution in [0.2, 0.25) is 0 Å². The molecule has 0 bridgehead atoms. The molecular weight excluding hydrogens is 961 g/mol. The number of hydrogen-bond donors (Lipinski definition) is 0. The van der Waals surface area contributed by atoms with Crippen molar-refractivity contribution in [2.45, 2.75) is 329 Å². The predicted molar refractivity (Wildman–Crippen MR) is 339 cm³/mol. The van der Waals surface area contributed by atoms with Crippen LogP contribution in [0, 0.1) is 0 Å². The van der Waals surface area contributed by atoms with Crippen molar-refractivity contribution >= 4 is 17.9 Å². The molecular formula is C72H124O6. The maximum atomic E-state index is 12.9. The van der Waals surface area contributed by atoms with E-state index in [0.717, 1.165) is 122 Å². The van der Waals surface area contributed by atoms with E-state index in [0.29, 0.717) is 19.3 Å². The van der Waals surface area contributed by atoms with Crippen LogP contribution in [0.25, 0.3) is 0 Å². The van der Waals surface area contributed by atoms with Crippen LogP contribution in [0.3, 0.4) is 0 Å². The maximum absolute atomic E-state index is 12.9. The largest absolute Gasteiger partial charge is 0.462 e. The van der Waals surface area contributed by atoms with Gasteiger partial charge in [-0.3, -0.25) is 14.4 Å². The van der Waals surface area contributed by atoms with E-state index in [2.05, 4.69) is 118 Å². The van der Waals surface area contributed by atoms with Gasteiger partial charge in [-0.1, -0.05) is 298 Å². The van der Waals surface area contributed by atoms with E-state index in [-0.39, 0.29) is 31.1 Å². The Morgan fingerprint density at radius 1 is 0.269 bits per heavy atom. The SMILES string of the molecule is CC/C=C\C/C=C\C/C=C\C/C=C\C/C=C\C/C=C\CCCCCCCCCCCCCCC(=O)OCC(COC(=O)CCCCCCCCCCCCCCCC)OC(=O)CCCCCCC/C=C\C/C=C\CCCCC. The smallest absolute Gasteiger partial charge is 0.306 e. The van der Waals surface area contributed by atoms with Gasteiger partial charge in [-0.15, -0.1) is 0 Å². The molecule has 0 aliphatic carbocycles. The Balaban J connectivity index is 4.24. The summed E-state index contributed by atoms with van der Waals surface area (Å²) in [4.78, 5) is 38.3. The Morgan fingerprint density at radius 2 is 0.500 bits per heavy atom. The Kier molecular flexibility index (Phi) is 62.7. The maximum Gasteiger partial charge on any atom is 0.306 e. The molecule has 78 heavy (non-hydrogen) atoms. The predicted octanol–water partition coefficient (Wildman–Crippen LogP) is 22.8. The number of esters is 3. The molecule has 0 rings (SSSR count). The highest BCUT2D eigenvalue weighted by Gasteiger charge is 2.19. The molecule has 448 valence electrons. The minimum atomic E-state index is -0.784. The number of carbonyl (C=O) groups excluding carboxylic acids is 3. The van der Waals surface area contributed by atoms with Crippen LogP contribution in [0.1, 0.15) is 323 Å². The standard InChI is InChI=1S/C72H124O6/c1-4-7-10-13-16-19-22-25-28-29-30-31-32-33-34-35-36-37-38-39-40-41-42-43-45-47-50-53-56-59-62-65-71(74)77-68-69(67-76-70(73)64-61-58-55-52-49-46-27-24-21-18-15-12-9-6-3)78-72(75)66-63-60-57-54-51-48-44-26-23-20-17-14-11-8-5-2/h7,10,16-17,19-20,25-26,28,30-31,33-34,36-37,44,69H,4-6,8-9,11-15,18,21-24,27,29,32,35,38-43,45-68H2,1-3H3/b10-7-,19-16-,20-17-,28-25-,31-30-,34-33-,37-36-,44-26-. The van der Waals surface area contributed by atoms with Gasteiger partial charge in [0.1, 0.15) is 13.2 Å². The Hall–Kier alpha value is -3.67. The summed E-state index contributed by atoms with van der Waals surface area (Å²) in [6.45, 7) is 6.52. The highest BCUT2D eigenvalue weighted by atomic mass is 16.6. The van der Waals surface area contributed by atoms with Crippen molar-refractivity contribution in [1.82, 2.24) is 0 Å². The lowest BCUT2D eigenvalue weighted by molar-refractivity contribution is -0.167. The van der Waals surface area contributed by atoms with E-state index in [4.69, 9.17) is 14.2 Å². The molecule has 0 aliphatic heterocycles. The molecule has 0 aromatic heterocycles. The van der Waals surface area contributed by atoms with Crippen LogP contribution in [0.4, 0.5) is 0 Å².